The molecule has 0 aliphatic heterocycles. The molecule has 0 saturated heterocycles. The van der Waals surface area contributed by atoms with Crippen LogP contribution < -0.4 is 11.1 Å². The van der Waals surface area contributed by atoms with Gasteiger partial charge in [-0.2, -0.15) is 15.4 Å². The third-order valence-corrected chi connectivity index (χ3v) is 2.14. The molecule has 0 saturated carbocycles. The molecular weight excluding hydrogens is 212 g/mol. The van der Waals surface area contributed by atoms with Crippen LogP contribution in [0.2, 0.25) is 0 Å². The molecule has 88 valence electrons. The Morgan fingerprint density at radius 2 is 2.44 bits per heavy atom. The highest BCUT2D eigenvalue weighted by atomic mass is 16.4. The number of nitrogens with one attached hydrogen (secondary N) is 2. The van der Waals surface area contributed by atoms with E-state index in [4.69, 9.17) is 10.9 Å². The number of rotatable bonds is 4. The second-order valence-corrected chi connectivity index (χ2v) is 3.91. The van der Waals surface area contributed by atoms with E-state index in [1.165, 1.54) is 6.20 Å². The second kappa shape index (κ2) is 4.60. The lowest BCUT2D eigenvalue weighted by molar-refractivity contribution is 0.0939. The molecule has 0 bridgehead atoms. The average molecular weight is 226 g/mol. The first kappa shape index (κ1) is 12.0. The molecule has 1 rings (SSSR count). The molecule has 0 unspecified atom stereocenters. The fraction of sp³-hybridized carbons (Fsp3) is 0.500. The summed E-state index contributed by atoms with van der Waals surface area (Å²) in [5.41, 5.74) is 5.03. The monoisotopic (exact) mass is 226 g/mol. The van der Waals surface area contributed by atoms with Gasteiger partial charge in [0, 0.05) is 12.0 Å². The van der Waals surface area contributed by atoms with Gasteiger partial charge in [0.15, 0.2) is 5.69 Å². The topological polar surface area (TPSA) is 129 Å². The Hall–Kier alpha value is -2.12. The number of amides is 1. The van der Waals surface area contributed by atoms with Crippen LogP contribution in [0.25, 0.3) is 0 Å². The number of nitrogens with two attached hydrogens (primary N) is 1. The summed E-state index contributed by atoms with van der Waals surface area (Å²) in [5, 5.41) is 23.5. The van der Waals surface area contributed by atoms with Crippen molar-refractivity contribution in [2.45, 2.75) is 13.8 Å². The quantitative estimate of drug-likeness (QED) is 0.233. The van der Waals surface area contributed by atoms with Crippen LogP contribution in [-0.4, -0.2) is 38.9 Å². The van der Waals surface area contributed by atoms with Gasteiger partial charge in [-0.1, -0.05) is 19.0 Å². The number of hydrogen-bond acceptors (Lipinski definition) is 5. The van der Waals surface area contributed by atoms with Crippen LogP contribution in [0.15, 0.2) is 11.4 Å². The molecule has 16 heavy (non-hydrogen) atoms. The molecule has 8 nitrogen and oxygen atoms in total. The molecule has 0 aromatic carbocycles. The molecule has 8 heteroatoms. The first-order chi connectivity index (χ1) is 7.47. The fourth-order valence-electron chi connectivity index (χ4n) is 0.929. The Balaban J connectivity index is 2.55. The van der Waals surface area contributed by atoms with Gasteiger partial charge in [-0.15, -0.1) is 0 Å². The number of aromatic amines is 1. The van der Waals surface area contributed by atoms with Crippen molar-refractivity contribution in [2.75, 3.05) is 6.54 Å². The van der Waals surface area contributed by atoms with Gasteiger partial charge in [-0.25, -0.2) is 0 Å². The minimum absolute atomic E-state index is 0.0490. The van der Waals surface area contributed by atoms with E-state index in [9.17, 15) is 4.79 Å². The van der Waals surface area contributed by atoms with Crippen LogP contribution in [0.1, 0.15) is 24.3 Å². The summed E-state index contributed by atoms with van der Waals surface area (Å²) in [4.78, 5) is 11.5. The van der Waals surface area contributed by atoms with E-state index in [0.29, 0.717) is 0 Å². The molecule has 1 aromatic heterocycles. The normalized spacial score (nSPS) is 12.5. The van der Waals surface area contributed by atoms with Crippen molar-refractivity contribution in [2.24, 2.45) is 16.3 Å². The molecular formula is C8H14N6O2. The van der Waals surface area contributed by atoms with Crippen molar-refractivity contribution >= 4 is 11.7 Å². The van der Waals surface area contributed by atoms with E-state index in [0.717, 1.165) is 0 Å². The number of hydrogen-bond donors (Lipinski definition) is 4. The maximum Gasteiger partial charge on any atom is 0.273 e. The summed E-state index contributed by atoms with van der Waals surface area (Å²) in [7, 11) is 0. The number of amidine groups is 1. The van der Waals surface area contributed by atoms with E-state index >= 15 is 0 Å². The van der Waals surface area contributed by atoms with Crippen molar-refractivity contribution < 1.29 is 10.0 Å². The molecule has 1 heterocycles. The third-order valence-electron chi connectivity index (χ3n) is 2.14. The number of carbonyl (C=O) groups excluding carboxylic acids is 1. The Labute approximate surface area is 91.9 Å². The predicted octanol–water partition coefficient (Wildman–Crippen LogP) is -0.693. The van der Waals surface area contributed by atoms with E-state index in [2.05, 4.69) is 25.9 Å². The third kappa shape index (κ3) is 2.69. The first-order valence-corrected chi connectivity index (χ1v) is 4.59. The van der Waals surface area contributed by atoms with Gasteiger partial charge in [-0.05, 0) is 0 Å². The summed E-state index contributed by atoms with van der Waals surface area (Å²) < 4.78 is 0. The molecule has 0 radical (unpaired) electrons. The van der Waals surface area contributed by atoms with Crippen molar-refractivity contribution in [3.63, 3.8) is 0 Å². The van der Waals surface area contributed by atoms with Crippen molar-refractivity contribution in [1.29, 1.82) is 0 Å². The molecule has 0 aliphatic rings. The van der Waals surface area contributed by atoms with Gasteiger partial charge in [0.1, 0.15) is 5.84 Å². The number of carbonyl (C=O) groups is 1. The summed E-state index contributed by atoms with van der Waals surface area (Å²) in [6, 6.07) is 0. The largest absolute Gasteiger partial charge is 0.409 e. The molecule has 0 fully saturated rings. The fourth-order valence-corrected chi connectivity index (χ4v) is 0.929. The second-order valence-electron chi connectivity index (χ2n) is 3.91. The molecule has 0 spiro atoms. The van der Waals surface area contributed by atoms with Crippen molar-refractivity contribution in [1.82, 2.24) is 20.7 Å². The highest BCUT2D eigenvalue weighted by Gasteiger charge is 2.24. The minimum Gasteiger partial charge on any atom is -0.409 e. The summed E-state index contributed by atoms with van der Waals surface area (Å²) in [6.45, 7) is 3.71. The Bertz CT molecular complexity index is 383. The van der Waals surface area contributed by atoms with E-state index in [-0.39, 0.29) is 24.0 Å². The van der Waals surface area contributed by atoms with Gasteiger partial charge in [-0.3, -0.25) is 4.79 Å². The molecule has 1 amide bonds. The van der Waals surface area contributed by atoms with Crippen LogP contribution in [0.3, 0.4) is 0 Å². The van der Waals surface area contributed by atoms with Gasteiger partial charge < -0.3 is 16.3 Å². The zero-order valence-electron chi connectivity index (χ0n) is 9.06. The van der Waals surface area contributed by atoms with Crippen molar-refractivity contribution in [3.05, 3.63) is 11.9 Å². The summed E-state index contributed by atoms with van der Waals surface area (Å²) in [6.07, 6.45) is 1.31. The standard InChI is InChI=1S/C8H14N6O2/c1-8(2,7(9)13-16)4-10-6(15)5-3-11-14-12-5/h3,16H,4H2,1-2H3,(H2,9,13)(H,10,15)(H,11,12,14). The number of oxime groups is 1. The van der Waals surface area contributed by atoms with Crippen LogP contribution in [0, 0.1) is 5.41 Å². The van der Waals surface area contributed by atoms with Gasteiger partial charge in [0.05, 0.1) is 6.20 Å². The van der Waals surface area contributed by atoms with E-state index in [1.807, 2.05) is 0 Å². The number of nitrogens with zero attached hydrogens (tertiary/aromatic N) is 3. The average Bonchev–Trinajstić information content (AvgIpc) is 2.78. The lowest BCUT2D eigenvalue weighted by Crippen LogP contribution is -2.42. The van der Waals surface area contributed by atoms with Crippen molar-refractivity contribution in [3.8, 4) is 0 Å². The molecule has 1 aromatic rings. The first-order valence-electron chi connectivity index (χ1n) is 4.59. The zero-order valence-corrected chi connectivity index (χ0v) is 9.06. The summed E-state index contributed by atoms with van der Waals surface area (Å²) >= 11 is 0. The highest BCUT2D eigenvalue weighted by molar-refractivity contribution is 5.92. The van der Waals surface area contributed by atoms with Crippen LogP contribution in [0.5, 0.6) is 0 Å². The molecule has 5 N–H and O–H groups in total. The lowest BCUT2D eigenvalue weighted by atomic mass is 9.92. The lowest BCUT2D eigenvalue weighted by Gasteiger charge is -2.22. The maximum absolute atomic E-state index is 11.5. The van der Waals surface area contributed by atoms with E-state index in [1.54, 1.807) is 13.8 Å². The maximum atomic E-state index is 11.5. The zero-order chi connectivity index (χ0) is 12.2. The van der Waals surface area contributed by atoms with Gasteiger partial charge in [0.2, 0.25) is 0 Å². The SMILES string of the molecule is CC(C)(CNC(=O)c1cn[nH]n1)C(N)=NO. The summed E-state index contributed by atoms with van der Waals surface area (Å²) in [5.74, 6) is -0.319. The van der Waals surface area contributed by atoms with Crippen LogP contribution >= 0.6 is 0 Å². The molecule has 0 atom stereocenters. The highest BCUT2D eigenvalue weighted by Crippen LogP contribution is 2.13. The smallest absolute Gasteiger partial charge is 0.273 e. The Morgan fingerprint density at radius 3 is 2.94 bits per heavy atom. The van der Waals surface area contributed by atoms with Crippen LogP contribution in [0.4, 0.5) is 0 Å². The van der Waals surface area contributed by atoms with Gasteiger partial charge in [0.25, 0.3) is 5.91 Å². The van der Waals surface area contributed by atoms with Crippen LogP contribution in [-0.2, 0) is 0 Å². The molecule has 0 aliphatic carbocycles. The Morgan fingerprint density at radius 1 is 1.75 bits per heavy atom. The predicted molar refractivity (Wildman–Crippen MR) is 55.9 cm³/mol. The minimum atomic E-state index is -0.631. The number of aromatic nitrogens is 3. The van der Waals surface area contributed by atoms with E-state index < -0.39 is 5.41 Å². The number of H-pyrrole nitrogens is 1. The Kier molecular flexibility index (Phi) is 3.44. The van der Waals surface area contributed by atoms with Gasteiger partial charge >= 0.3 is 0 Å².